The quantitative estimate of drug-likeness (QED) is 0.652. The van der Waals surface area contributed by atoms with Crippen molar-refractivity contribution in [1.29, 1.82) is 0 Å². The van der Waals surface area contributed by atoms with E-state index in [1.807, 2.05) is 6.92 Å². The number of hydrogen-bond acceptors (Lipinski definition) is 1. The van der Waals surface area contributed by atoms with Crippen molar-refractivity contribution in [3.8, 4) is 0 Å². The maximum atomic E-state index is 3.74. The fraction of sp³-hybridized carbons (Fsp3) is 0.667. The summed E-state index contributed by atoms with van der Waals surface area (Å²) in [6.45, 7) is 10.4. The molecule has 1 atom stereocenters. The van der Waals surface area contributed by atoms with Crippen LogP contribution < -0.4 is 5.32 Å². The summed E-state index contributed by atoms with van der Waals surface area (Å²) in [5, 5.41) is 3.12. The van der Waals surface area contributed by atoms with Crippen molar-refractivity contribution in [2.75, 3.05) is 6.54 Å². The van der Waals surface area contributed by atoms with Crippen LogP contribution in [0, 0.1) is 13.8 Å². The first-order chi connectivity index (χ1) is 3.27. The molecule has 0 aromatic carbocycles. The van der Waals surface area contributed by atoms with Crippen molar-refractivity contribution in [2.24, 2.45) is 0 Å². The Balaban J connectivity index is 0. The molecule has 0 saturated carbocycles. The third-order valence-corrected chi connectivity index (χ3v) is 0.670. The van der Waals surface area contributed by atoms with Crippen LogP contribution in [0.3, 0.4) is 0 Å². The van der Waals surface area contributed by atoms with Gasteiger partial charge in [0.2, 0.25) is 0 Å². The molecule has 0 rings (SSSR count). The SMILES string of the molecule is [CH2-]CCNC([CH2-])C.[Y]. The molecule has 1 unspecified atom stereocenters. The summed E-state index contributed by atoms with van der Waals surface area (Å²) in [6.07, 6.45) is 0.944. The van der Waals surface area contributed by atoms with Crippen LogP contribution in [0.1, 0.15) is 13.3 Å². The van der Waals surface area contributed by atoms with Gasteiger partial charge in [0.15, 0.2) is 0 Å². The van der Waals surface area contributed by atoms with E-state index in [1.54, 1.807) is 0 Å². The molecule has 47 valence electrons. The second-order valence-electron chi connectivity index (χ2n) is 1.71. The molecule has 0 saturated heterocycles. The van der Waals surface area contributed by atoms with Crippen LogP contribution in [-0.2, 0) is 32.7 Å². The first-order valence-corrected chi connectivity index (χ1v) is 2.63. The molecule has 1 nitrogen and oxygen atoms in total. The molecule has 0 fully saturated rings. The van der Waals surface area contributed by atoms with E-state index in [2.05, 4.69) is 19.2 Å². The predicted molar refractivity (Wildman–Crippen MR) is 32.8 cm³/mol. The topological polar surface area (TPSA) is 12.0 Å². The Hall–Kier alpha value is 1.06. The van der Waals surface area contributed by atoms with E-state index in [-0.39, 0.29) is 32.7 Å². The van der Waals surface area contributed by atoms with Crippen molar-refractivity contribution in [2.45, 2.75) is 19.4 Å². The molecule has 0 heterocycles. The van der Waals surface area contributed by atoms with Crippen LogP contribution in [0.15, 0.2) is 0 Å². The minimum Gasteiger partial charge on any atom is -0.346 e. The minimum atomic E-state index is 0. The maximum absolute atomic E-state index is 3.74. The molecule has 1 radical (unpaired) electrons. The average Bonchev–Trinajstić information content (AvgIpc) is 1.61. The number of rotatable bonds is 3. The van der Waals surface area contributed by atoms with Crippen molar-refractivity contribution in [3.05, 3.63) is 13.8 Å². The molecule has 8 heavy (non-hydrogen) atoms. The average molecular weight is 188 g/mol. The fourth-order valence-corrected chi connectivity index (χ4v) is 0.348. The van der Waals surface area contributed by atoms with Crippen LogP contribution in [-0.4, -0.2) is 12.6 Å². The van der Waals surface area contributed by atoms with Crippen LogP contribution in [0.5, 0.6) is 0 Å². The Labute approximate surface area is 77.5 Å². The molecule has 0 bridgehead atoms. The summed E-state index contributed by atoms with van der Waals surface area (Å²) in [5.41, 5.74) is 0. The second kappa shape index (κ2) is 8.06. The smallest absolute Gasteiger partial charge is 0 e. The van der Waals surface area contributed by atoms with E-state index in [1.165, 1.54) is 0 Å². The summed E-state index contributed by atoms with van der Waals surface area (Å²) in [7, 11) is 0. The third-order valence-electron chi connectivity index (χ3n) is 0.670. The molecule has 0 aromatic heterocycles. The Bertz CT molecular complexity index is 37.5. The van der Waals surface area contributed by atoms with E-state index < -0.39 is 0 Å². The Morgan fingerprint density at radius 2 is 2.12 bits per heavy atom. The fourth-order valence-electron chi connectivity index (χ4n) is 0.348. The Morgan fingerprint density at radius 3 is 2.25 bits per heavy atom. The van der Waals surface area contributed by atoms with E-state index >= 15 is 0 Å². The monoisotopic (exact) mass is 188 g/mol. The molecular weight excluding hydrogens is 175 g/mol. The molecule has 0 spiro atoms. The van der Waals surface area contributed by atoms with Crippen molar-refractivity contribution >= 4 is 0 Å². The van der Waals surface area contributed by atoms with Gasteiger partial charge < -0.3 is 19.2 Å². The van der Waals surface area contributed by atoms with Gasteiger partial charge in [-0.25, -0.2) is 0 Å². The zero-order valence-electron chi connectivity index (χ0n) is 5.48. The van der Waals surface area contributed by atoms with Crippen LogP contribution in [0.4, 0.5) is 0 Å². The zero-order valence-corrected chi connectivity index (χ0v) is 8.32. The van der Waals surface area contributed by atoms with Gasteiger partial charge in [0.25, 0.3) is 0 Å². The van der Waals surface area contributed by atoms with Gasteiger partial charge in [-0.15, -0.1) is 6.04 Å². The van der Waals surface area contributed by atoms with E-state index in [4.69, 9.17) is 0 Å². The Morgan fingerprint density at radius 1 is 1.62 bits per heavy atom. The van der Waals surface area contributed by atoms with Gasteiger partial charge in [0, 0.05) is 32.7 Å². The minimum absolute atomic E-state index is 0. The van der Waals surface area contributed by atoms with Crippen LogP contribution >= 0.6 is 0 Å². The van der Waals surface area contributed by atoms with Crippen LogP contribution in [0.2, 0.25) is 0 Å². The van der Waals surface area contributed by atoms with E-state index in [0.717, 1.165) is 13.0 Å². The molecule has 0 aromatic rings. The van der Waals surface area contributed by atoms with Gasteiger partial charge in [0.1, 0.15) is 0 Å². The van der Waals surface area contributed by atoms with E-state index in [0.29, 0.717) is 6.04 Å². The van der Waals surface area contributed by atoms with E-state index in [9.17, 15) is 0 Å². The van der Waals surface area contributed by atoms with Crippen molar-refractivity contribution in [1.82, 2.24) is 5.32 Å². The number of hydrogen-bond donors (Lipinski definition) is 1. The van der Waals surface area contributed by atoms with Gasteiger partial charge in [-0.1, -0.05) is 6.92 Å². The summed E-state index contributed by atoms with van der Waals surface area (Å²) in [4.78, 5) is 0. The Kier molecular flexibility index (Phi) is 11.9. The standard InChI is InChI=1S/C6H13N.Y/c1-4-5-7-6(2)3;/h6-7H,1-2,4-5H2,3H3;/q-2;. The molecule has 0 aliphatic rings. The third kappa shape index (κ3) is 10.1. The van der Waals surface area contributed by atoms with Gasteiger partial charge in [-0.3, -0.25) is 0 Å². The van der Waals surface area contributed by atoms with Gasteiger partial charge in [0.05, 0.1) is 0 Å². The largest absolute Gasteiger partial charge is 0.346 e. The molecule has 1 N–H and O–H groups in total. The summed E-state index contributed by atoms with van der Waals surface area (Å²) < 4.78 is 0. The first-order valence-electron chi connectivity index (χ1n) is 2.63. The first kappa shape index (κ1) is 11.8. The summed E-state index contributed by atoms with van der Waals surface area (Å²) in [6, 6.07) is 0.363. The van der Waals surface area contributed by atoms with Gasteiger partial charge in [-0.2, -0.15) is 6.42 Å². The van der Waals surface area contributed by atoms with Crippen molar-refractivity contribution in [3.63, 3.8) is 0 Å². The molecule has 0 aliphatic carbocycles. The summed E-state index contributed by atoms with van der Waals surface area (Å²) in [5.74, 6) is 0. The van der Waals surface area contributed by atoms with Crippen LogP contribution in [0.25, 0.3) is 0 Å². The van der Waals surface area contributed by atoms with Gasteiger partial charge in [-0.05, 0) is 6.54 Å². The zero-order chi connectivity index (χ0) is 5.70. The number of nitrogens with one attached hydrogen (secondary N) is 1. The molecule has 2 heteroatoms. The summed E-state index contributed by atoms with van der Waals surface area (Å²) >= 11 is 0. The second-order valence-corrected chi connectivity index (χ2v) is 1.71. The van der Waals surface area contributed by atoms with Gasteiger partial charge >= 0.3 is 0 Å². The predicted octanol–water partition coefficient (Wildman–Crippen LogP) is 1.02. The molecule has 0 amide bonds. The normalized spacial score (nSPS) is 12.4. The molecule has 0 aliphatic heterocycles. The molecular formula is C6H13NY-2. The maximum Gasteiger partial charge on any atom is 0 e. The van der Waals surface area contributed by atoms with Crippen molar-refractivity contribution < 1.29 is 32.7 Å².